The smallest absolute Gasteiger partial charge is 0.400 e. The highest BCUT2D eigenvalue weighted by atomic mass is 16.6. The summed E-state index contributed by atoms with van der Waals surface area (Å²) in [4.78, 5) is 19.9. The summed E-state index contributed by atoms with van der Waals surface area (Å²) in [6.45, 7) is 0. The molecule has 1 aromatic carbocycles. The molecule has 102 valence electrons. The van der Waals surface area contributed by atoms with Crippen molar-refractivity contribution >= 4 is 23.5 Å². The lowest BCUT2D eigenvalue weighted by Gasteiger charge is -2.00. The standard InChI is InChI=1S/C11H8N4O5/c16-14(17)10-4-2-1-3-9(10)13-12-7-8-5-6-11(20-8)15(18)19/h1-7,13H. The Bertz CT molecular complexity index is 679. The fourth-order valence-corrected chi connectivity index (χ4v) is 1.40. The second-order valence-corrected chi connectivity index (χ2v) is 3.58. The minimum atomic E-state index is -0.674. The van der Waals surface area contributed by atoms with E-state index in [1.54, 1.807) is 6.07 Å². The summed E-state index contributed by atoms with van der Waals surface area (Å²) in [6, 6.07) is 8.51. The number of hydrogen-bond donors (Lipinski definition) is 1. The van der Waals surface area contributed by atoms with Crippen LogP contribution in [0.1, 0.15) is 5.76 Å². The first-order chi connectivity index (χ1) is 9.58. The summed E-state index contributed by atoms with van der Waals surface area (Å²) in [7, 11) is 0. The maximum absolute atomic E-state index is 10.8. The van der Waals surface area contributed by atoms with E-state index in [1.165, 1.54) is 36.5 Å². The number of furan rings is 1. The summed E-state index contributed by atoms with van der Waals surface area (Å²) < 4.78 is 4.84. The van der Waals surface area contributed by atoms with Crippen molar-refractivity contribution < 1.29 is 14.3 Å². The van der Waals surface area contributed by atoms with Crippen molar-refractivity contribution in [1.82, 2.24) is 0 Å². The average Bonchev–Trinajstić information content (AvgIpc) is 2.88. The molecule has 0 fully saturated rings. The van der Waals surface area contributed by atoms with E-state index in [0.29, 0.717) is 0 Å². The van der Waals surface area contributed by atoms with Gasteiger partial charge in [0.1, 0.15) is 10.6 Å². The molecule has 0 bridgehead atoms. The zero-order valence-electron chi connectivity index (χ0n) is 9.92. The third-order valence-electron chi connectivity index (χ3n) is 2.27. The van der Waals surface area contributed by atoms with Gasteiger partial charge in [0.25, 0.3) is 5.69 Å². The Labute approximate surface area is 111 Å². The lowest BCUT2D eigenvalue weighted by atomic mass is 10.3. The van der Waals surface area contributed by atoms with E-state index in [0.717, 1.165) is 0 Å². The number of hydrazone groups is 1. The van der Waals surface area contributed by atoms with Crippen LogP contribution in [-0.4, -0.2) is 16.1 Å². The van der Waals surface area contributed by atoms with Crippen molar-refractivity contribution in [2.24, 2.45) is 5.10 Å². The Hall–Kier alpha value is -3.23. The molecule has 1 aromatic heterocycles. The van der Waals surface area contributed by atoms with Crippen molar-refractivity contribution in [3.05, 3.63) is 62.4 Å². The first kappa shape index (κ1) is 13.2. The number of nitro benzene ring substituents is 1. The summed E-state index contributed by atoms with van der Waals surface area (Å²) in [5, 5.41) is 24.9. The SMILES string of the molecule is O=[N+]([O-])c1ccc(C=NNc2ccccc2[N+](=O)[O-])o1. The number of nitrogens with zero attached hydrogens (tertiary/aromatic N) is 3. The Morgan fingerprint density at radius 2 is 1.85 bits per heavy atom. The number of nitrogens with one attached hydrogen (secondary N) is 1. The highest BCUT2D eigenvalue weighted by molar-refractivity contribution is 5.77. The molecule has 0 unspecified atom stereocenters. The van der Waals surface area contributed by atoms with E-state index in [-0.39, 0.29) is 17.1 Å². The monoisotopic (exact) mass is 276 g/mol. The van der Waals surface area contributed by atoms with Crippen LogP contribution in [0.3, 0.4) is 0 Å². The van der Waals surface area contributed by atoms with Gasteiger partial charge < -0.3 is 4.42 Å². The number of rotatable bonds is 5. The van der Waals surface area contributed by atoms with Crippen LogP contribution in [-0.2, 0) is 0 Å². The second kappa shape index (κ2) is 5.61. The molecule has 0 radical (unpaired) electrons. The molecule has 1 heterocycles. The molecule has 0 atom stereocenters. The van der Waals surface area contributed by atoms with E-state index < -0.39 is 15.7 Å². The summed E-state index contributed by atoms with van der Waals surface area (Å²) in [6.07, 6.45) is 1.18. The van der Waals surface area contributed by atoms with E-state index in [2.05, 4.69) is 10.5 Å². The quantitative estimate of drug-likeness (QED) is 0.508. The number of nitro groups is 2. The van der Waals surface area contributed by atoms with Gasteiger partial charge in [0.2, 0.25) is 0 Å². The van der Waals surface area contributed by atoms with Crippen LogP contribution in [0.15, 0.2) is 45.9 Å². The van der Waals surface area contributed by atoms with E-state index in [4.69, 9.17) is 4.42 Å². The molecular weight excluding hydrogens is 268 g/mol. The minimum absolute atomic E-state index is 0.130. The Balaban J connectivity index is 2.10. The number of benzene rings is 1. The van der Waals surface area contributed by atoms with Crippen molar-refractivity contribution in [2.45, 2.75) is 0 Å². The molecule has 1 N–H and O–H groups in total. The molecule has 0 aliphatic rings. The van der Waals surface area contributed by atoms with Crippen LogP contribution in [0.2, 0.25) is 0 Å². The van der Waals surface area contributed by atoms with Crippen molar-refractivity contribution in [3.8, 4) is 0 Å². The third kappa shape index (κ3) is 2.96. The van der Waals surface area contributed by atoms with Crippen LogP contribution in [0.5, 0.6) is 0 Å². The molecule has 0 amide bonds. The normalized spacial score (nSPS) is 10.6. The highest BCUT2D eigenvalue weighted by Crippen LogP contribution is 2.23. The maximum atomic E-state index is 10.8. The zero-order valence-corrected chi connectivity index (χ0v) is 9.92. The Kier molecular flexibility index (Phi) is 3.70. The van der Waals surface area contributed by atoms with Crippen molar-refractivity contribution in [1.29, 1.82) is 0 Å². The molecule has 0 aliphatic carbocycles. The average molecular weight is 276 g/mol. The minimum Gasteiger partial charge on any atom is -0.400 e. The molecule has 2 aromatic rings. The number of anilines is 1. The second-order valence-electron chi connectivity index (χ2n) is 3.58. The van der Waals surface area contributed by atoms with Gasteiger partial charge in [-0.25, -0.2) is 0 Å². The van der Waals surface area contributed by atoms with Crippen LogP contribution in [0.4, 0.5) is 17.3 Å². The molecule has 20 heavy (non-hydrogen) atoms. The Morgan fingerprint density at radius 1 is 1.10 bits per heavy atom. The lowest BCUT2D eigenvalue weighted by Crippen LogP contribution is -1.96. The predicted octanol–water partition coefficient (Wildman–Crippen LogP) is 2.54. The van der Waals surface area contributed by atoms with E-state index in [1.807, 2.05) is 0 Å². The van der Waals surface area contributed by atoms with Gasteiger partial charge in [0.05, 0.1) is 17.2 Å². The molecule has 0 aliphatic heterocycles. The van der Waals surface area contributed by atoms with Gasteiger partial charge in [0.15, 0.2) is 5.76 Å². The molecule has 2 rings (SSSR count). The fraction of sp³-hybridized carbons (Fsp3) is 0. The van der Waals surface area contributed by atoms with Gasteiger partial charge >= 0.3 is 5.88 Å². The molecular formula is C11H8N4O5. The first-order valence-electron chi connectivity index (χ1n) is 5.34. The van der Waals surface area contributed by atoms with E-state index in [9.17, 15) is 20.2 Å². The van der Waals surface area contributed by atoms with Crippen LogP contribution < -0.4 is 5.43 Å². The number of hydrogen-bond acceptors (Lipinski definition) is 7. The Morgan fingerprint density at radius 3 is 2.50 bits per heavy atom. The number of para-hydroxylation sites is 2. The predicted molar refractivity (Wildman–Crippen MR) is 69.7 cm³/mol. The summed E-state index contributed by atoms with van der Waals surface area (Å²) >= 11 is 0. The van der Waals surface area contributed by atoms with Gasteiger partial charge in [-0.1, -0.05) is 12.1 Å². The molecule has 9 heteroatoms. The fourth-order valence-electron chi connectivity index (χ4n) is 1.40. The molecule has 0 saturated carbocycles. The highest BCUT2D eigenvalue weighted by Gasteiger charge is 2.12. The largest absolute Gasteiger partial charge is 0.433 e. The maximum Gasteiger partial charge on any atom is 0.433 e. The van der Waals surface area contributed by atoms with Gasteiger partial charge in [-0.3, -0.25) is 25.7 Å². The van der Waals surface area contributed by atoms with E-state index >= 15 is 0 Å². The van der Waals surface area contributed by atoms with Crippen LogP contribution in [0.25, 0.3) is 0 Å². The van der Waals surface area contributed by atoms with Gasteiger partial charge in [-0.15, -0.1) is 0 Å². The van der Waals surface area contributed by atoms with Crippen LogP contribution in [0, 0.1) is 20.2 Å². The topological polar surface area (TPSA) is 124 Å². The summed E-state index contributed by atoms with van der Waals surface area (Å²) in [5.74, 6) is -0.250. The lowest BCUT2D eigenvalue weighted by molar-refractivity contribution is -0.402. The third-order valence-corrected chi connectivity index (χ3v) is 2.27. The first-order valence-corrected chi connectivity index (χ1v) is 5.34. The van der Waals surface area contributed by atoms with Gasteiger partial charge in [-0.2, -0.15) is 5.10 Å². The van der Waals surface area contributed by atoms with Crippen molar-refractivity contribution in [2.75, 3.05) is 5.43 Å². The molecule has 0 spiro atoms. The molecule has 0 saturated heterocycles. The van der Waals surface area contributed by atoms with Gasteiger partial charge in [0, 0.05) is 6.07 Å². The van der Waals surface area contributed by atoms with Gasteiger partial charge in [-0.05, 0) is 12.1 Å². The van der Waals surface area contributed by atoms with Crippen molar-refractivity contribution in [3.63, 3.8) is 0 Å². The zero-order chi connectivity index (χ0) is 14.5. The summed E-state index contributed by atoms with van der Waals surface area (Å²) in [5.41, 5.74) is 2.55. The molecule has 9 nitrogen and oxygen atoms in total. The van der Waals surface area contributed by atoms with Crippen LogP contribution >= 0.6 is 0 Å².